The third-order valence-electron chi connectivity index (χ3n) is 3.78. The fourth-order valence-electron chi connectivity index (χ4n) is 2.47. The first-order chi connectivity index (χ1) is 10.2. The lowest BCUT2D eigenvalue weighted by molar-refractivity contribution is -0.132. The lowest BCUT2D eigenvalue weighted by Gasteiger charge is -2.23. The highest BCUT2D eigenvalue weighted by molar-refractivity contribution is 5.83. The van der Waals surface area contributed by atoms with Crippen LogP contribution >= 0.6 is 0 Å². The molecule has 1 amide bonds. The van der Waals surface area contributed by atoms with Crippen LogP contribution in [0.15, 0.2) is 36.5 Å². The molecule has 0 bridgehead atoms. The third kappa shape index (κ3) is 3.58. The monoisotopic (exact) mass is 285 g/mol. The average molecular weight is 285 g/mol. The van der Waals surface area contributed by atoms with Gasteiger partial charge in [-0.15, -0.1) is 0 Å². The lowest BCUT2D eigenvalue weighted by atomic mass is 10.1. The largest absolute Gasteiger partial charge is 0.342 e. The molecule has 0 saturated carbocycles. The van der Waals surface area contributed by atoms with Crippen LogP contribution in [0.4, 0.5) is 0 Å². The van der Waals surface area contributed by atoms with Crippen molar-refractivity contribution in [2.75, 3.05) is 13.1 Å². The van der Waals surface area contributed by atoms with Crippen LogP contribution in [0, 0.1) is 0 Å². The Labute approximate surface area is 126 Å². The van der Waals surface area contributed by atoms with E-state index in [0.29, 0.717) is 6.54 Å². The Morgan fingerprint density at radius 3 is 2.67 bits per heavy atom. The Hall–Kier alpha value is -1.94. The summed E-state index contributed by atoms with van der Waals surface area (Å²) in [7, 11) is 0. The van der Waals surface area contributed by atoms with Gasteiger partial charge in [-0.25, -0.2) is 0 Å². The van der Waals surface area contributed by atoms with Gasteiger partial charge in [0, 0.05) is 31.2 Å². The van der Waals surface area contributed by atoms with Gasteiger partial charge in [0.05, 0.1) is 11.6 Å². The van der Waals surface area contributed by atoms with Crippen LogP contribution in [-0.2, 0) is 11.3 Å². The van der Waals surface area contributed by atoms with Crippen molar-refractivity contribution in [2.45, 2.75) is 33.4 Å². The number of para-hydroxylation sites is 1. The van der Waals surface area contributed by atoms with Gasteiger partial charge in [-0.05, 0) is 38.5 Å². The quantitative estimate of drug-likeness (QED) is 0.887. The molecule has 4 heteroatoms. The highest BCUT2D eigenvalue weighted by Crippen LogP contribution is 2.16. The second kappa shape index (κ2) is 7.18. The molecule has 0 radical (unpaired) electrons. The highest BCUT2D eigenvalue weighted by Gasteiger charge is 2.17. The van der Waals surface area contributed by atoms with E-state index in [4.69, 9.17) is 0 Å². The zero-order valence-electron chi connectivity index (χ0n) is 13.0. The van der Waals surface area contributed by atoms with Gasteiger partial charge in [-0.2, -0.15) is 0 Å². The van der Waals surface area contributed by atoms with E-state index >= 15 is 0 Å². The summed E-state index contributed by atoms with van der Waals surface area (Å²) in [6.45, 7) is 8.09. The molecule has 0 aliphatic heterocycles. The van der Waals surface area contributed by atoms with Gasteiger partial charge in [0.2, 0.25) is 5.91 Å². The molecule has 2 aromatic rings. The number of fused-ring (bicyclic) bond motifs is 1. The number of pyridine rings is 1. The van der Waals surface area contributed by atoms with Crippen molar-refractivity contribution in [3.05, 3.63) is 42.1 Å². The second-order valence-corrected chi connectivity index (χ2v) is 5.10. The summed E-state index contributed by atoms with van der Waals surface area (Å²) >= 11 is 0. The summed E-state index contributed by atoms with van der Waals surface area (Å²) in [6.07, 6.45) is 1.82. The Morgan fingerprint density at radius 1 is 1.24 bits per heavy atom. The summed E-state index contributed by atoms with van der Waals surface area (Å²) in [4.78, 5) is 18.4. The maximum atomic E-state index is 12.2. The number of benzene rings is 1. The summed E-state index contributed by atoms with van der Waals surface area (Å²) < 4.78 is 0. The van der Waals surface area contributed by atoms with Crippen molar-refractivity contribution in [1.29, 1.82) is 0 Å². The van der Waals surface area contributed by atoms with Crippen LogP contribution in [0.3, 0.4) is 0 Å². The number of aromatic nitrogens is 1. The Kier molecular flexibility index (Phi) is 5.28. The molecule has 112 valence electrons. The number of likely N-dealkylation sites (N-methyl/N-ethyl adjacent to an activating group) is 1. The predicted molar refractivity (Wildman–Crippen MR) is 86.0 cm³/mol. The van der Waals surface area contributed by atoms with E-state index in [0.717, 1.165) is 24.0 Å². The fourth-order valence-corrected chi connectivity index (χ4v) is 2.47. The zero-order chi connectivity index (χ0) is 15.2. The van der Waals surface area contributed by atoms with Crippen LogP contribution < -0.4 is 5.32 Å². The van der Waals surface area contributed by atoms with Gasteiger partial charge in [-0.1, -0.05) is 18.2 Å². The number of carbonyl (C=O) groups excluding carboxylic acids is 1. The summed E-state index contributed by atoms with van der Waals surface area (Å²) in [5.74, 6) is 0.151. The molecule has 0 aliphatic rings. The SMILES string of the molecule is CCN(CC)C(=O)C(C)NCc1ccnc2ccccc12. The molecule has 4 nitrogen and oxygen atoms in total. The third-order valence-corrected chi connectivity index (χ3v) is 3.78. The minimum Gasteiger partial charge on any atom is -0.342 e. The first-order valence-corrected chi connectivity index (χ1v) is 7.52. The first-order valence-electron chi connectivity index (χ1n) is 7.52. The molecule has 1 aromatic heterocycles. The summed E-state index contributed by atoms with van der Waals surface area (Å²) in [6, 6.07) is 9.89. The van der Waals surface area contributed by atoms with Crippen LogP contribution in [0.25, 0.3) is 10.9 Å². The van der Waals surface area contributed by atoms with Crippen molar-refractivity contribution in [2.24, 2.45) is 0 Å². The second-order valence-electron chi connectivity index (χ2n) is 5.10. The molecule has 1 N–H and O–H groups in total. The maximum Gasteiger partial charge on any atom is 0.239 e. The van der Waals surface area contributed by atoms with E-state index in [-0.39, 0.29) is 11.9 Å². The van der Waals surface area contributed by atoms with E-state index in [1.807, 2.05) is 56.1 Å². The average Bonchev–Trinajstić information content (AvgIpc) is 2.53. The van der Waals surface area contributed by atoms with Crippen molar-refractivity contribution in [3.63, 3.8) is 0 Å². The molecule has 0 fully saturated rings. The predicted octanol–water partition coefficient (Wildman–Crippen LogP) is 2.58. The van der Waals surface area contributed by atoms with Gasteiger partial charge < -0.3 is 10.2 Å². The van der Waals surface area contributed by atoms with Gasteiger partial charge in [0.1, 0.15) is 0 Å². The minimum absolute atomic E-state index is 0.151. The molecule has 21 heavy (non-hydrogen) atoms. The molecule has 1 heterocycles. The number of hydrogen-bond donors (Lipinski definition) is 1. The molecule has 0 aliphatic carbocycles. The van der Waals surface area contributed by atoms with Gasteiger partial charge in [0.15, 0.2) is 0 Å². The van der Waals surface area contributed by atoms with Crippen molar-refractivity contribution in [3.8, 4) is 0 Å². The molecule has 0 saturated heterocycles. The van der Waals surface area contributed by atoms with Crippen LogP contribution in [-0.4, -0.2) is 34.9 Å². The minimum atomic E-state index is -0.183. The van der Waals surface area contributed by atoms with Crippen molar-refractivity contribution < 1.29 is 4.79 Å². The van der Waals surface area contributed by atoms with E-state index in [9.17, 15) is 4.79 Å². The number of hydrogen-bond acceptors (Lipinski definition) is 3. The smallest absolute Gasteiger partial charge is 0.239 e. The Bertz CT molecular complexity index is 603. The fraction of sp³-hybridized carbons (Fsp3) is 0.412. The van der Waals surface area contributed by atoms with Gasteiger partial charge in [0.25, 0.3) is 0 Å². The first kappa shape index (κ1) is 15.4. The molecule has 2 rings (SSSR count). The van der Waals surface area contributed by atoms with Crippen LogP contribution in [0.5, 0.6) is 0 Å². The Balaban J connectivity index is 2.06. The van der Waals surface area contributed by atoms with Crippen LogP contribution in [0.2, 0.25) is 0 Å². The molecule has 1 atom stereocenters. The molecule has 1 aromatic carbocycles. The lowest BCUT2D eigenvalue weighted by Crippen LogP contribution is -2.44. The molecule has 0 spiro atoms. The summed E-state index contributed by atoms with van der Waals surface area (Å²) in [5.41, 5.74) is 2.15. The number of amides is 1. The van der Waals surface area contributed by atoms with E-state index in [2.05, 4.69) is 16.4 Å². The molecular formula is C17H23N3O. The molecule has 1 unspecified atom stereocenters. The number of rotatable bonds is 6. The van der Waals surface area contributed by atoms with E-state index in [1.165, 1.54) is 5.56 Å². The topological polar surface area (TPSA) is 45.2 Å². The van der Waals surface area contributed by atoms with Crippen molar-refractivity contribution in [1.82, 2.24) is 15.2 Å². The standard InChI is InChI=1S/C17H23N3O/c1-4-20(5-2)17(21)13(3)19-12-14-10-11-18-16-9-7-6-8-15(14)16/h6-11,13,19H,4-5,12H2,1-3H3. The highest BCUT2D eigenvalue weighted by atomic mass is 16.2. The van der Waals surface area contributed by atoms with Gasteiger partial charge >= 0.3 is 0 Å². The zero-order valence-corrected chi connectivity index (χ0v) is 13.0. The maximum absolute atomic E-state index is 12.2. The number of nitrogens with one attached hydrogen (secondary N) is 1. The normalized spacial score (nSPS) is 12.3. The molecular weight excluding hydrogens is 262 g/mol. The van der Waals surface area contributed by atoms with Crippen LogP contribution in [0.1, 0.15) is 26.3 Å². The van der Waals surface area contributed by atoms with E-state index < -0.39 is 0 Å². The summed E-state index contributed by atoms with van der Waals surface area (Å²) in [5, 5.41) is 4.46. The van der Waals surface area contributed by atoms with Gasteiger partial charge in [-0.3, -0.25) is 9.78 Å². The number of carbonyl (C=O) groups is 1. The number of nitrogens with zero attached hydrogens (tertiary/aromatic N) is 2. The van der Waals surface area contributed by atoms with E-state index in [1.54, 1.807) is 0 Å². The van der Waals surface area contributed by atoms with Crippen molar-refractivity contribution >= 4 is 16.8 Å². The Morgan fingerprint density at radius 2 is 1.95 bits per heavy atom.